The first-order valence-corrected chi connectivity index (χ1v) is 3.71. The van der Waals surface area contributed by atoms with Crippen molar-refractivity contribution in [3.05, 3.63) is 58.4 Å². The smallest absolute Gasteiger partial charge is 0 e. The van der Waals surface area contributed by atoms with E-state index in [2.05, 4.69) is 11.1 Å². The van der Waals surface area contributed by atoms with Crippen molar-refractivity contribution in [1.29, 1.82) is 0 Å². The molecule has 0 spiro atoms. The fraction of sp³-hybridized carbons (Fsp3) is 0.0909. The Kier molecular flexibility index (Phi) is 6.02. The minimum absolute atomic E-state index is 0. The molecule has 0 N–H and O–H groups in total. The van der Waals surface area contributed by atoms with E-state index in [-0.39, 0.29) is 14.9 Å². The van der Waals surface area contributed by atoms with E-state index in [9.17, 15) is 0 Å². The fourth-order valence-corrected chi connectivity index (χ4v) is 1.06. The van der Waals surface area contributed by atoms with E-state index in [1.165, 1.54) is 0 Å². The summed E-state index contributed by atoms with van der Waals surface area (Å²) in [5.41, 5.74) is 1.01. The normalized spacial score (nSPS) is 12.6. The molecule has 0 saturated heterocycles. The second-order valence-corrected chi connectivity index (χ2v) is 2.61. The Balaban J connectivity index is 0. The summed E-state index contributed by atoms with van der Waals surface area (Å²) in [6.07, 6.45) is 7.38. The van der Waals surface area contributed by atoms with Crippen LogP contribution in [0.2, 0.25) is 0 Å². The number of rotatable bonds is 1. The monoisotopic (exact) mass is 451 g/mol. The van der Waals surface area contributed by atoms with Crippen LogP contribution in [-0.2, 0) is 0 Å². The van der Waals surface area contributed by atoms with E-state index >= 15 is 0 Å². The van der Waals surface area contributed by atoms with Crippen LogP contribution in [0.3, 0.4) is 0 Å². The van der Waals surface area contributed by atoms with Gasteiger partial charge >= 0.3 is 0 Å². The Morgan fingerprint density at radius 3 is 2.53 bits per heavy atom. The Labute approximate surface area is 86.7 Å². The third-order valence-corrected chi connectivity index (χ3v) is 1.65. The van der Waals surface area contributed by atoms with Crippen LogP contribution in [0, 0.1) is 27.6 Å². The minimum Gasteiger partial charge on any atom is -0.510 e. The van der Waals surface area contributed by atoms with E-state index < -0.39 is 0 Å². The van der Waals surface area contributed by atoms with Gasteiger partial charge in [-0.25, -0.2) is 6.07 Å². The number of aromatic nitrogens is 1. The summed E-state index contributed by atoms with van der Waals surface area (Å²) in [6.45, 7) is 1.98. The van der Waals surface area contributed by atoms with Gasteiger partial charge in [0.05, 0.1) is 0 Å². The molecular weight excluding hydrogens is 436 g/mol. The Bertz CT molecular complexity index is 287. The number of anilines is 1. The van der Waals surface area contributed by atoms with Crippen LogP contribution >= 0.6 is 0 Å². The van der Waals surface area contributed by atoms with Crippen molar-refractivity contribution < 1.29 is 0 Å². The van der Waals surface area contributed by atoms with Gasteiger partial charge in [-0.05, 0) is 19.4 Å². The summed E-state index contributed by atoms with van der Waals surface area (Å²) in [5, 5.41) is 0. The van der Waals surface area contributed by atoms with Crippen LogP contribution in [0.25, 0.3) is 0 Å². The van der Waals surface area contributed by atoms with Crippen LogP contribution in [0.4, 0.5) is 5.69 Å². The molecule has 0 atom stereocenters. The molecule has 0 aliphatic carbocycles. The zero-order chi connectivity index (χ0) is 8.39. The van der Waals surface area contributed by atoms with E-state index in [0.29, 0.717) is 0 Å². The average molecular weight is 451 g/mol. The van der Waals surface area contributed by atoms with Crippen LogP contribution in [0.15, 0.2) is 30.9 Å². The maximum absolute atomic E-state index is 3.90. The molecule has 1 aromatic heterocycles. The van der Waals surface area contributed by atoms with Gasteiger partial charge in [0.2, 0.25) is 0 Å². The van der Waals surface area contributed by atoms with Crippen molar-refractivity contribution in [2.24, 2.45) is 0 Å². The molecule has 0 unspecified atom stereocenters. The number of hydrogen-bond acceptors (Lipinski definition) is 3. The fourth-order valence-electron chi connectivity index (χ4n) is 1.06. The molecule has 0 bridgehead atoms. The summed E-state index contributed by atoms with van der Waals surface area (Å²) < 4.78 is 0. The van der Waals surface area contributed by atoms with Gasteiger partial charge < -0.3 is 29.6 Å². The van der Waals surface area contributed by atoms with Gasteiger partial charge in [-0.2, -0.15) is 18.4 Å². The molecule has 1 radical (unpaired) electrons. The third-order valence-electron chi connectivity index (χ3n) is 1.65. The van der Waals surface area contributed by atoms with Crippen molar-refractivity contribution in [2.45, 2.75) is 0 Å². The van der Waals surface area contributed by atoms with Crippen LogP contribution in [0.5, 0.6) is 0 Å². The van der Waals surface area contributed by atoms with E-state index in [0.717, 1.165) is 5.69 Å². The Morgan fingerprint density at radius 2 is 2.07 bits per heavy atom. The summed E-state index contributed by atoms with van der Waals surface area (Å²) in [5.74, 6) is 0. The molecule has 1 aliphatic rings. The van der Waals surface area contributed by atoms with Gasteiger partial charge in [-0.1, -0.05) is 12.4 Å². The standard InChI is InChI=1S/C9H9N3.2CH3.Lr/c1-11-6-7-12(8-11)9-2-4-10-5-3-9;;;/h2,4-8H,1H3;2*1H3;/q-2;2*-1;. The predicted molar refractivity (Wildman–Crippen MR) is 59.6 cm³/mol. The molecule has 2 rings (SSSR count). The first kappa shape index (κ1) is 15.0. The third kappa shape index (κ3) is 3.03. The van der Waals surface area contributed by atoms with E-state index in [1.807, 2.05) is 42.0 Å². The molecule has 2 heterocycles. The van der Waals surface area contributed by atoms with Crippen molar-refractivity contribution >= 4 is 5.69 Å². The molecule has 93 valence electrons. The maximum atomic E-state index is 3.90. The van der Waals surface area contributed by atoms with Crippen molar-refractivity contribution in [3.63, 3.8) is 0 Å². The number of hydrogen-bond donors (Lipinski definition) is 0. The molecule has 0 saturated carbocycles. The molecule has 0 fully saturated rings. The zero-order valence-electron chi connectivity index (χ0n) is 9.06. The SMILES string of the molecule is CN1C=CN(c2[c-]cncc2)[CH-]1.[CH3-].[CH3-].[Lr]. The molecule has 0 aromatic carbocycles. The topological polar surface area (TPSA) is 19.4 Å². The molecule has 3 nitrogen and oxygen atoms in total. The number of nitrogens with zero attached hydrogens (tertiary/aromatic N) is 3. The molecule has 0 amide bonds. The molecule has 15 heavy (non-hydrogen) atoms. The van der Waals surface area contributed by atoms with Gasteiger partial charge in [0.25, 0.3) is 0 Å². The molecule has 1 aromatic rings. The van der Waals surface area contributed by atoms with Gasteiger partial charge in [0.15, 0.2) is 0 Å². The first-order chi connectivity index (χ1) is 5.86. The van der Waals surface area contributed by atoms with Gasteiger partial charge in [-0.15, -0.1) is 0 Å². The van der Waals surface area contributed by atoms with Crippen molar-refractivity contribution in [1.82, 2.24) is 9.88 Å². The zero-order valence-corrected chi connectivity index (χ0v) is 11.2. The summed E-state index contributed by atoms with van der Waals surface area (Å²) in [4.78, 5) is 7.87. The van der Waals surface area contributed by atoms with Crippen molar-refractivity contribution in [2.75, 3.05) is 11.9 Å². The van der Waals surface area contributed by atoms with Crippen LogP contribution < -0.4 is 4.90 Å². The Morgan fingerprint density at radius 1 is 1.33 bits per heavy atom. The summed E-state index contributed by atoms with van der Waals surface area (Å²) in [7, 11) is 1.98. The molecular formula is C11H15LrN3-4. The van der Waals surface area contributed by atoms with Gasteiger partial charge in [0, 0.05) is 0 Å². The molecule has 4 heteroatoms. The Hall–Kier alpha value is -2.51. The van der Waals surface area contributed by atoms with Crippen LogP contribution in [0.1, 0.15) is 0 Å². The largest absolute Gasteiger partial charge is 0.510 e. The minimum atomic E-state index is 0. The van der Waals surface area contributed by atoms with E-state index in [1.54, 1.807) is 12.4 Å². The summed E-state index contributed by atoms with van der Waals surface area (Å²) in [6, 6.07) is 4.95. The second kappa shape index (κ2) is 6.02. The second-order valence-electron chi connectivity index (χ2n) is 2.61. The van der Waals surface area contributed by atoms with Crippen LogP contribution in [-0.4, -0.2) is 16.9 Å². The first-order valence-electron chi connectivity index (χ1n) is 3.71. The van der Waals surface area contributed by atoms with Gasteiger partial charge in [-0.3, -0.25) is 0 Å². The summed E-state index contributed by atoms with van der Waals surface area (Å²) >= 11 is 0. The quantitative estimate of drug-likeness (QED) is 0.611. The predicted octanol–water partition coefficient (Wildman–Crippen LogP) is 2.12. The molecule has 1 aliphatic heterocycles. The van der Waals surface area contributed by atoms with Gasteiger partial charge in [0.1, 0.15) is 0 Å². The number of pyridine rings is 1. The van der Waals surface area contributed by atoms with Crippen molar-refractivity contribution in [3.8, 4) is 0 Å². The maximum Gasteiger partial charge on any atom is 0 e. The average Bonchev–Trinajstić information content (AvgIpc) is 2.54. The van der Waals surface area contributed by atoms with E-state index in [4.69, 9.17) is 0 Å².